The Hall–Kier alpha value is -3.12. The molecule has 154 valence electrons. The molecule has 0 atom stereocenters. The maximum Gasteiger partial charge on any atom is 0.264 e. The predicted molar refractivity (Wildman–Crippen MR) is 119 cm³/mol. The van der Waals surface area contributed by atoms with E-state index >= 15 is 0 Å². The van der Waals surface area contributed by atoms with Gasteiger partial charge in [0.05, 0.1) is 10.6 Å². The maximum absolute atomic E-state index is 13.5. The van der Waals surface area contributed by atoms with Crippen molar-refractivity contribution in [2.24, 2.45) is 0 Å². The number of amides is 1. The molecule has 1 aliphatic heterocycles. The van der Waals surface area contributed by atoms with Gasteiger partial charge in [0.1, 0.15) is 6.54 Å². The Morgan fingerprint density at radius 2 is 1.70 bits per heavy atom. The van der Waals surface area contributed by atoms with Gasteiger partial charge in [-0.15, -0.1) is 0 Å². The lowest BCUT2D eigenvalue weighted by molar-refractivity contribution is -0.117. The van der Waals surface area contributed by atoms with Gasteiger partial charge in [-0.25, -0.2) is 8.42 Å². The van der Waals surface area contributed by atoms with Crippen LogP contribution in [-0.2, 0) is 21.2 Å². The van der Waals surface area contributed by atoms with Gasteiger partial charge in [0.2, 0.25) is 5.91 Å². The number of para-hydroxylation sites is 1. The summed E-state index contributed by atoms with van der Waals surface area (Å²) >= 11 is 0. The van der Waals surface area contributed by atoms with Crippen molar-refractivity contribution in [1.29, 1.82) is 0 Å². The number of hydrogen-bond donors (Lipinski definition) is 0. The quantitative estimate of drug-likeness (QED) is 0.622. The number of nitrogens with zero attached hydrogens (tertiary/aromatic N) is 2. The maximum atomic E-state index is 13.5. The predicted octanol–water partition coefficient (Wildman–Crippen LogP) is 4.17. The Morgan fingerprint density at radius 3 is 2.47 bits per heavy atom. The summed E-state index contributed by atoms with van der Waals surface area (Å²) in [5, 5.41) is 0. The van der Waals surface area contributed by atoms with Gasteiger partial charge in [-0.2, -0.15) is 0 Å². The van der Waals surface area contributed by atoms with Crippen LogP contribution in [-0.4, -0.2) is 27.4 Å². The van der Waals surface area contributed by atoms with Crippen LogP contribution in [0.4, 0.5) is 11.4 Å². The van der Waals surface area contributed by atoms with E-state index in [4.69, 9.17) is 0 Å². The molecule has 1 aliphatic rings. The average molecular weight is 421 g/mol. The second-order valence-electron chi connectivity index (χ2n) is 7.44. The SMILES string of the molecule is Cc1cccc(N(CC(=O)N2CCCc3ccccc32)S(=O)(=O)c2ccccc2)c1. The monoisotopic (exact) mass is 420 g/mol. The molecule has 3 aromatic carbocycles. The summed E-state index contributed by atoms with van der Waals surface area (Å²) in [5.41, 5.74) is 3.40. The molecule has 1 heterocycles. The molecule has 30 heavy (non-hydrogen) atoms. The molecule has 0 spiro atoms. The molecule has 0 aliphatic carbocycles. The van der Waals surface area contributed by atoms with Crippen LogP contribution in [0.15, 0.2) is 83.8 Å². The van der Waals surface area contributed by atoms with E-state index in [1.807, 2.05) is 37.3 Å². The van der Waals surface area contributed by atoms with E-state index in [2.05, 4.69) is 0 Å². The first kappa shape index (κ1) is 20.2. The van der Waals surface area contributed by atoms with Crippen molar-refractivity contribution < 1.29 is 13.2 Å². The van der Waals surface area contributed by atoms with Gasteiger partial charge in [0.15, 0.2) is 0 Å². The molecule has 0 unspecified atom stereocenters. The minimum absolute atomic E-state index is 0.165. The van der Waals surface area contributed by atoms with Crippen LogP contribution in [0.2, 0.25) is 0 Å². The molecule has 5 nitrogen and oxygen atoms in total. The summed E-state index contributed by atoms with van der Waals surface area (Å²) in [6.45, 7) is 2.23. The second kappa shape index (κ2) is 8.32. The minimum atomic E-state index is -3.90. The summed E-state index contributed by atoms with van der Waals surface area (Å²) in [6.07, 6.45) is 1.78. The van der Waals surface area contributed by atoms with Crippen LogP contribution in [0, 0.1) is 6.92 Å². The van der Waals surface area contributed by atoms with Crippen molar-refractivity contribution in [2.45, 2.75) is 24.7 Å². The molecule has 1 amide bonds. The van der Waals surface area contributed by atoms with Crippen LogP contribution in [0.25, 0.3) is 0 Å². The van der Waals surface area contributed by atoms with Crippen molar-refractivity contribution in [3.8, 4) is 0 Å². The molecule has 3 aromatic rings. The van der Waals surface area contributed by atoms with Gasteiger partial charge in [0.25, 0.3) is 10.0 Å². The highest BCUT2D eigenvalue weighted by atomic mass is 32.2. The molecule has 4 rings (SSSR count). The van der Waals surface area contributed by atoms with Crippen LogP contribution in [0.1, 0.15) is 17.5 Å². The average Bonchev–Trinajstić information content (AvgIpc) is 2.77. The van der Waals surface area contributed by atoms with Crippen LogP contribution >= 0.6 is 0 Å². The first-order valence-corrected chi connectivity index (χ1v) is 11.4. The minimum Gasteiger partial charge on any atom is -0.311 e. The number of benzene rings is 3. The summed E-state index contributed by atoms with van der Waals surface area (Å²) in [6, 6.07) is 23.3. The lowest BCUT2D eigenvalue weighted by atomic mass is 10.0. The Morgan fingerprint density at radius 1 is 0.967 bits per heavy atom. The van der Waals surface area contributed by atoms with Gasteiger partial charge in [-0.3, -0.25) is 9.10 Å². The van der Waals surface area contributed by atoms with E-state index in [9.17, 15) is 13.2 Å². The fourth-order valence-electron chi connectivity index (χ4n) is 3.82. The Bertz CT molecular complexity index is 1160. The normalized spacial score (nSPS) is 13.6. The molecular weight excluding hydrogens is 396 g/mol. The van der Waals surface area contributed by atoms with E-state index in [-0.39, 0.29) is 17.3 Å². The van der Waals surface area contributed by atoms with E-state index in [1.165, 1.54) is 4.31 Å². The number of carbonyl (C=O) groups excluding carboxylic acids is 1. The molecule has 6 heteroatoms. The molecule has 0 fully saturated rings. The Labute approximate surface area is 177 Å². The highest BCUT2D eigenvalue weighted by Crippen LogP contribution is 2.29. The number of sulfonamides is 1. The van der Waals surface area contributed by atoms with Gasteiger partial charge in [-0.05, 0) is 61.2 Å². The first-order chi connectivity index (χ1) is 14.5. The first-order valence-electron chi connectivity index (χ1n) is 9.99. The topological polar surface area (TPSA) is 57.7 Å². The van der Waals surface area contributed by atoms with Gasteiger partial charge < -0.3 is 4.90 Å². The highest BCUT2D eigenvalue weighted by Gasteiger charge is 2.30. The summed E-state index contributed by atoms with van der Waals surface area (Å²) in [7, 11) is -3.90. The van der Waals surface area contributed by atoms with E-state index < -0.39 is 10.0 Å². The number of fused-ring (bicyclic) bond motifs is 1. The third-order valence-corrected chi connectivity index (χ3v) is 7.10. The fourth-order valence-corrected chi connectivity index (χ4v) is 5.25. The summed E-state index contributed by atoms with van der Waals surface area (Å²) < 4.78 is 28.1. The van der Waals surface area contributed by atoms with E-state index in [1.54, 1.807) is 53.4 Å². The largest absolute Gasteiger partial charge is 0.311 e. The smallest absolute Gasteiger partial charge is 0.264 e. The molecule has 0 saturated heterocycles. The van der Waals surface area contributed by atoms with Crippen LogP contribution in [0.3, 0.4) is 0 Å². The van der Waals surface area contributed by atoms with Crippen molar-refractivity contribution in [1.82, 2.24) is 0 Å². The van der Waals surface area contributed by atoms with Gasteiger partial charge >= 0.3 is 0 Å². The molecule has 0 saturated carbocycles. The molecule has 0 N–H and O–H groups in total. The van der Waals surface area contributed by atoms with Gasteiger partial charge in [-0.1, -0.05) is 48.5 Å². The molecule has 0 aromatic heterocycles. The van der Waals surface area contributed by atoms with Crippen LogP contribution < -0.4 is 9.21 Å². The number of carbonyl (C=O) groups is 1. The standard InChI is InChI=1S/C24H24N2O3S/c1-19-9-7-12-21(17-19)26(30(28,29)22-13-3-2-4-14-22)18-24(27)25-16-8-11-20-10-5-6-15-23(20)25/h2-7,9-10,12-15,17H,8,11,16,18H2,1H3. The van der Waals surface area contributed by atoms with Crippen LogP contribution in [0.5, 0.6) is 0 Å². The number of hydrogen-bond acceptors (Lipinski definition) is 3. The third-order valence-electron chi connectivity index (χ3n) is 5.31. The van der Waals surface area contributed by atoms with Crippen molar-refractivity contribution in [3.63, 3.8) is 0 Å². The van der Waals surface area contributed by atoms with Crippen molar-refractivity contribution in [3.05, 3.63) is 90.0 Å². The Balaban J connectivity index is 1.72. The number of aryl methyl sites for hydroxylation is 2. The molecule has 0 bridgehead atoms. The summed E-state index contributed by atoms with van der Waals surface area (Å²) in [5.74, 6) is -0.233. The number of anilines is 2. The van der Waals surface area contributed by atoms with Crippen molar-refractivity contribution in [2.75, 3.05) is 22.3 Å². The van der Waals surface area contributed by atoms with E-state index in [0.717, 1.165) is 29.7 Å². The zero-order valence-electron chi connectivity index (χ0n) is 16.9. The van der Waals surface area contributed by atoms with E-state index in [0.29, 0.717) is 12.2 Å². The molecular formula is C24H24N2O3S. The lowest BCUT2D eigenvalue weighted by Gasteiger charge is -2.32. The zero-order valence-corrected chi connectivity index (χ0v) is 17.7. The Kier molecular flexibility index (Phi) is 5.59. The van der Waals surface area contributed by atoms with Gasteiger partial charge in [0, 0.05) is 12.2 Å². The highest BCUT2D eigenvalue weighted by molar-refractivity contribution is 7.92. The fraction of sp³-hybridized carbons (Fsp3) is 0.208. The zero-order chi connectivity index (χ0) is 21.1. The number of rotatable bonds is 5. The van der Waals surface area contributed by atoms with Crippen molar-refractivity contribution >= 4 is 27.3 Å². The summed E-state index contributed by atoms with van der Waals surface area (Å²) in [4.78, 5) is 15.2. The lowest BCUT2D eigenvalue weighted by Crippen LogP contribution is -2.45. The third kappa shape index (κ3) is 3.96. The molecule has 0 radical (unpaired) electrons. The second-order valence-corrected chi connectivity index (χ2v) is 9.30.